The van der Waals surface area contributed by atoms with Gasteiger partial charge in [0, 0.05) is 0 Å². The average molecular weight is 219 g/mol. The molecule has 0 saturated heterocycles. The lowest BCUT2D eigenvalue weighted by molar-refractivity contribution is -0.140. The summed E-state index contributed by atoms with van der Waals surface area (Å²) < 4.78 is 49.7. The van der Waals surface area contributed by atoms with Crippen LogP contribution in [-0.4, -0.2) is 5.11 Å². The second-order valence-corrected chi connectivity index (χ2v) is 2.73. The maximum Gasteiger partial charge on any atom is 0.419 e. The van der Waals surface area contributed by atoms with Crippen LogP contribution < -0.4 is 0 Å². The summed E-state index contributed by atoms with van der Waals surface area (Å²) in [5, 5.41) is 17.1. The van der Waals surface area contributed by atoms with E-state index in [-0.39, 0.29) is 5.56 Å². The molecule has 15 heavy (non-hydrogen) atoms. The predicted molar refractivity (Wildman–Crippen MR) is 42.0 cm³/mol. The van der Waals surface area contributed by atoms with Gasteiger partial charge in [-0.1, -0.05) is 6.07 Å². The SMILES string of the molecule is N#Cc1c(CO)ccc(C(F)(F)F)c1F. The maximum absolute atomic E-state index is 13.2. The Labute approximate surface area is 82.4 Å². The minimum absolute atomic E-state index is 0.164. The van der Waals surface area contributed by atoms with E-state index in [0.29, 0.717) is 6.07 Å². The summed E-state index contributed by atoms with van der Waals surface area (Å²) in [6, 6.07) is 2.67. The number of aliphatic hydroxyl groups excluding tert-OH is 1. The van der Waals surface area contributed by atoms with E-state index in [1.54, 1.807) is 0 Å². The predicted octanol–water partition coefficient (Wildman–Crippen LogP) is 2.21. The first-order valence-corrected chi connectivity index (χ1v) is 3.81. The molecule has 0 bridgehead atoms. The van der Waals surface area contributed by atoms with Crippen LogP contribution in [0.1, 0.15) is 16.7 Å². The fourth-order valence-electron chi connectivity index (χ4n) is 1.09. The Balaban J connectivity index is 3.45. The fraction of sp³-hybridized carbons (Fsp3) is 0.222. The van der Waals surface area contributed by atoms with Crippen LogP contribution in [0.2, 0.25) is 0 Å². The number of benzene rings is 1. The Morgan fingerprint density at radius 1 is 1.33 bits per heavy atom. The van der Waals surface area contributed by atoms with E-state index >= 15 is 0 Å². The first-order chi connectivity index (χ1) is 6.91. The molecule has 0 aliphatic rings. The second kappa shape index (κ2) is 3.87. The number of rotatable bonds is 1. The Morgan fingerprint density at radius 2 is 1.93 bits per heavy atom. The van der Waals surface area contributed by atoms with Crippen LogP contribution in [0.5, 0.6) is 0 Å². The second-order valence-electron chi connectivity index (χ2n) is 2.73. The molecule has 0 aliphatic heterocycles. The summed E-state index contributed by atoms with van der Waals surface area (Å²) in [5.74, 6) is -1.64. The monoisotopic (exact) mass is 219 g/mol. The molecule has 2 nitrogen and oxygen atoms in total. The summed E-state index contributed by atoms with van der Waals surface area (Å²) >= 11 is 0. The highest BCUT2D eigenvalue weighted by Gasteiger charge is 2.35. The Morgan fingerprint density at radius 3 is 2.33 bits per heavy atom. The molecule has 0 aliphatic carbocycles. The van der Waals surface area contributed by atoms with Crippen LogP contribution in [0.4, 0.5) is 17.6 Å². The largest absolute Gasteiger partial charge is 0.419 e. The van der Waals surface area contributed by atoms with Crippen molar-refractivity contribution in [2.75, 3.05) is 0 Å². The molecule has 0 spiro atoms. The Hall–Kier alpha value is -1.61. The minimum atomic E-state index is -4.84. The van der Waals surface area contributed by atoms with E-state index in [4.69, 9.17) is 10.4 Å². The van der Waals surface area contributed by atoms with Gasteiger partial charge in [0.1, 0.15) is 6.07 Å². The molecule has 0 saturated carbocycles. The van der Waals surface area contributed by atoms with Crippen molar-refractivity contribution in [2.45, 2.75) is 12.8 Å². The number of halogens is 4. The van der Waals surface area contributed by atoms with Gasteiger partial charge in [-0.05, 0) is 11.6 Å². The molecule has 0 aromatic heterocycles. The van der Waals surface area contributed by atoms with Gasteiger partial charge >= 0.3 is 6.18 Å². The molecule has 0 heterocycles. The zero-order chi connectivity index (χ0) is 11.6. The lowest BCUT2D eigenvalue weighted by atomic mass is 10.0. The van der Waals surface area contributed by atoms with Crippen LogP contribution in [0.25, 0.3) is 0 Å². The van der Waals surface area contributed by atoms with Crippen LogP contribution in [-0.2, 0) is 12.8 Å². The smallest absolute Gasteiger partial charge is 0.392 e. The third-order valence-electron chi connectivity index (χ3n) is 1.82. The maximum atomic E-state index is 13.2. The van der Waals surface area contributed by atoms with Crippen molar-refractivity contribution in [3.63, 3.8) is 0 Å². The number of nitrogens with zero attached hydrogens (tertiary/aromatic N) is 1. The lowest BCUT2D eigenvalue weighted by Gasteiger charge is -2.10. The molecule has 1 aromatic rings. The third-order valence-corrected chi connectivity index (χ3v) is 1.82. The summed E-state index contributed by atoms with van der Waals surface area (Å²) in [6.07, 6.45) is -4.84. The van der Waals surface area contributed by atoms with E-state index in [1.807, 2.05) is 0 Å². The zero-order valence-corrected chi connectivity index (χ0v) is 7.27. The molecule has 1 N–H and O–H groups in total. The van der Waals surface area contributed by atoms with Crippen LogP contribution in [0.3, 0.4) is 0 Å². The lowest BCUT2D eigenvalue weighted by Crippen LogP contribution is -2.10. The van der Waals surface area contributed by atoms with E-state index in [1.165, 1.54) is 6.07 Å². The molecule has 80 valence electrons. The van der Waals surface area contributed by atoms with Gasteiger partial charge in [-0.3, -0.25) is 0 Å². The van der Waals surface area contributed by atoms with Crippen molar-refractivity contribution < 1.29 is 22.7 Å². The molecule has 0 amide bonds. The van der Waals surface area contributed by atoms with Gasteiger partial charge in [-0.25, -0.2) is 4.39 Å². The number of alkyl halides is 3. The highest BCUT2D eigenvalue weighted by atomic mass is 19.4. The van der Waals surface area contributed by atoms with Crippen molar-refractivity contribution in [1.29, 1.82) is 5.26 Å². The molecule has 6 heteroatoms. The minimum Gasteiger partial charge on any atom is -0.392 e. The van der Waals surface area contributed by atoms with Crippen LogP contribution >= 0.6 is 0 Å². The van der Waals surface area contributed by atoms with Gasteiger partial charge in [-0.2, -0.15) is 18.4 Å². The first kappa shape index (κ1) is 11.5. The quantitative estimate of drug-likeness (QED) is 0.736. The van der Waals surface area contributed by atoms with E-state index < -0.39 is 29.7 Å². The average Bonchev–Trinajstić information content (AvgIpc) is 2.15. The molecule has 0 unspecified atom stereocenters. The van der Waals surface area contributed by atoms with E-state index in [9.17, 15) is 17.6 Å². The zero-order valence-electron chi connectivity index (χ0n) is 7.27. The molecule has 1 rings (SSSR count). The van der Waals surface area contributed by atoms with Gasteiger partial charge in [0.25, 0.3) is 0 Å². The van der Waals surface area contributed by atoms with E-state index in [0.717, 1.165) is 6.07 Å². The Kier molecular flexibility index (Phi) is 2.95. The summed E-state index contributed by atoms with van der Waals surface area (Å²) in [5.41, 5.74) is -2.44. The number of nitriles is 1. The summed E-state index contributed by atoms with van der Waals surface area (Å²) in [6.45, 7) is -0.683. The summed E-state index contributed by atoms with van der Waals surface area (Å²) in [7, 11) is 0. The highest BCUT2D eigenvalue weighted by Crippen LogP contribution is 2.33. The molecule has 0 atom stereocenters. The van der Waals surface area contributed by atoms with Gasteiger partial charge in [0.15, 0.2) is 5.82 Å². The van der Waals surface area contributed by atoms with Gasteiger partial charge < -0.3 is 5.11 Å². The van der Waals surface area contributed by atoms with Gasteiger partial charge in [-0.15, -0.1) is 0 Å². The number of hydrogen-bond acceptors (Lipinski definition) is 2. The molecule has 1 aromatic carbocycles. The van der Waals surface area contributed by atoms with Gasteiger partial charge in [0.05, 0.1) is 17.7 Å². The van der Waals surface area contributed by atoms with Crippen molar-refractivity contribution >= 4 is 0 Å². The molecular weight excluding hydrogens is 214 g/mol. The standard InChI is InChI=1S/C9H5F4NO/c10-8-6(3-14)5(4-15)1-2-7(8)9(11,12)13/h1-2,15H,4H2. The third kappa shape index (κ3) is 2.07. The molecule has 0 radical (unpaired) electrons. The molecule has 0 fully saturated rings. The molecular formula is C9H5F4NO. The summed E-state index contributed by atoms with van der Waals surface area (Å²) in [4.78, 5) is 0. The van der Waals surface area contributed by atoms with Gasteiger partial charge in [0.2, 0.25) is 0 Å². The van der Waals surface area contributed by atoms with Crippen LogP contribution in [0.15, 0.2) is 12.1 Å². The Bertz CT molecular complexity index is 419. The number of aliphatic hydroxyl groups is 1. The topological polar surface area (TPSA) is 44.0 Å². The first-order valence-electron chi connectivity index (χ1n) is 3.81. The van der Waals surface area contributed by atoms with Crippen LogP contribution in [0, 0.1) is 17.1 Å². The fourth-order valence-corrected chi connectivity index (χ4v) is 1.09. The normalized spacial score (nSPS) is 11.2. The van der Waals surface area contributed by atoms with Crippen molar-refractivity contribution in [2.24, 2.45) is 0 Å². The van der Waals surface area contributed by atoms with Crippen molar-refractivity contribution in [3.05, 3.63) is 34.6 Å². The number of hydrogen-bond donors (Lipinski definition) is 1. The van der Waals surface area contributed by atoms with Crippen molar-refractivity contribution in [1.82, 2.24) is 0 Å². The van der Waals surface area contributed by atoms with E-state index in [2.05, 4.69) is 0 Å². The van der Waals surface area contributed by atoms with Crippen molar-refractivity contribution in [3.8, 4) is 6.07 Å². The highest BCUT2D eigenvalue weighted by molar-refractivity contribution is 5.42.